The average Bonchev–Trinajstić information content (AvgIpc) is 2.34. The van der Waals surface area contributed by atoms with Crippen LogP contribution in [0.25, 0.3) is 6.08 Å². The van der Waals surface area contributed by atoms with Crippen LogP contribution in [0.1, 0.15) is 17.2 Å². The molecule has 1 aromatic heterocycles. The van der Waals surface area contributed by atoms with Crippen molar-refractivity contribution in [3.63, 3.8) is 0 Å². The Morgan fingerprint density at radius 2 is 2.15 bits per heavy atom. The average molecular weight is 241 g/mol. The number of nitrogens with zero attached hydrogens (tertiary/aromatic N) is 2. The van der Waals surface area contributed by atoms with E-state index in [0.29, 0.717) is 0 Å². The molecule has 1 aromatic rings. The molecule has 0 unspecified atom stereocenters. The van der Waals surface area contributed by atoms with E-state index in [0.717, 1.165) is 16.0 Å². The van der Waals surface area contributed by atoms with Crippen molar-refractivity contribution in [2.24, 2.45) is 7.05 Å². The molecule has 0 N–H and O–H groups in total. The number of allylic oxidation sites excluding steroid dienone is 2. The molecule has 2 nitrogen and oxygen atoms in total. The summed E-state index contributed by atoms with van der Waals surface area (Å²) in [5.41, 5.74) is 2.26. The van der Waals surface area contributed by atoms with Gasteiger partial charge in [0.05, 0.1) is 5.69 Å². The van der Waals surface area contributed by atoms with Crippen molar-refractivity contribution in [2.45, 2.75) is 13.8 Å². The van der Waals surface area contributed by atoms with Crippen molar-refractivity contribution in [1.29, 1.82) is 0 Å². The second-order valence-corrected chi connectivity index (χ2v) is 3.85. The Hall–Kier alpha value is -0.830. The molecule has 13 heavy (non-hydrogen) atoms. The molecule has 0 aromatic carbocycles. The predicted octanol–water partition coefficient (Wildman–Crippen LogP) is 2.96. The quantitative estimate of drug-likeness (QED) is 0.728. The zero-order valence-electron chi connectivity index (χ0n) is 8.13. The van der Waals surface area contributed by atoms with Gasteiger partial charge < -0.3 is 4.57 Å². The van der Waals surface area contributed by atoms with Gasteiger partial charge in [0.1, 0.15) is 5.82 Å². The maximum Gasteiger partial charge on any atom is 0.133 e. The van der Waals surface area contributed by atoms with Gasteiger partial charge in [-0.25, -0.2) is 4.98 Å². The van der Waals surface area contributed by atoms with Crippen molar-refractivity contribution in [3.05, 3.63) is 34.3 Å². The summed E-state index contributed by atoms with van der Waals surface area (Å²) in [4.78, 5) is 4.41. The topological polar surface area (TPSA) is 17.8 Å². The Kier molecular flexibility index (Phi) is 3.09. The molecular formula is C10H13BrN2. The Morgan fingerprint density at radius 3 is 2.54 bits per heavy atom. The number of aryl methyl sites for hydroxylation is 1. The molecule has 1 rings (SSSR count). The van der Waals surface area contributed by atoms with Crippen LogP contribution >= 0.6 is 15.9 Å². The molecular weight excluding hydrogens is 228 g/mol. The van der Waals surface area contributed by atoms with Crippen LogP contribution < -0.4 is 0 Å². The van der Waals surface area contributed by atoms with Gasteiger partial charge in [-0.05, 0) is 19.9 Å². The van der Waals surface area contributed by atoms with E-state index in [2.05, 4.69) is 39.0 Å². The van der Waals surface area contributed by atoms with Crippen LogP contribution in [0.2, 0.25) is 0 Å². The minimum atomic E-state index is 0.945. The summed E-state index contributed by atoms with van der Waals surface area (Å²) < 4.78 is 3.00. The summed E-state index contributed by atoms with van der Waals surface area (Å²) in [5, 5.41) is 0. The van der Waals surface area contributed by atoms with Crippen LogP contribution in [-0.4, -0.2) is 9.55 Å². The first-order chi connectivity index (χ1) is 6.06. The second-order valence-electron chi connectivity index (χ2n) is 2.93. The molecule has 0 saturated heterocycles. The van der Waals surface area contributed by atoms with Gasteiger partial charge in [-0.15, -0.1) is 0 Å². The van der Waals surface area contributed by atoms with Crippen LogP contribution in [0.15, 0.2) is 17.1 Å². The summed E-state index contributed by atoms with van der Waals surface area (Å²) in [5.74, 6) is 0.946. The van der Waals surface area contributed by atoms with E-state index in [4.69, 9.17) is 0 Å². The summed E-state index contributed by atoms with van der Waals surface area (Å²) in [6.07, 6.45) is 3.70. The fourth-order valence-electron chi connectivity index (χ4n) is 1.05. The van der Waals surface area contributed by atoms with E-state index in [-0.39, 0.29) is 0 Å². The molecule has 0 atom stereocenters. The highest BCUT2D eigenvalue weighted by molar-refractivity contribution is 9.12. The van der Waals surface area contributed by atoms with Gasteiger partial charge >= 0.3 is 0 Å². The zero-order chi connectivity index (χ0) is 10.0. The molecule has 1 heterocycles. The lowest BCUT2D eigenvalue weighted by Gasteiger charge is -1.97. The van der Waals surface area contributed by atoms with Gasteiger partial charge in [-0.1, -0.05) is 28.6 Å². The highest BCUT2D eigenvalue weighted by atomic mass is 79.9. The highest BCUT2D eigenvalue weighted by Gasteiger charge is 2.04. The van der Waals surface area contributed by atoms with E-state index in [1.54, 1.807) is 6.08 Å². The molecule has 0 aliphatic rings. The van der Waals surface area contributed by atoms with Crippen molar-refractivity contribution < 1.29 is 0 Å². The number of hydrogen-bond donors (Lipinski definition) is 0. The number of aromatic nitrogens is 2. The molecule has 70 valence electrons. The first-order valence-electron chi connectivity index (χ1n) is 4.05. The van der Waals surface area contributed by atoms with Gasteiger partial charge in [0.15, 0.2) is 0 Å². The van der Waals surface area contributed by atoms with Crippen LogP contribution in [0, 0.1) is 13.8 Å². The summed E-state index contributed by atoms with van der Waals surface area (Å²) in [6, 6.07) is 0. The lowest BCUT2D eigenvalue weighted by molar-refractivity contribution is 0.858. The molecule has 0 aliphatic heterocycles. The molecule has 0 amide bonds. The lowest BCUT2D eigenvalue weighted by Crippen LogP contribution is -1.93. The lowest BCUT2D eigenvalue weighted by atomic mass is 10.4. The summed E-state index contributed by atoms with van der Waals surface area (Å²) in [6.45, 7) is 7.73. The molecule has 0 radical (unpaired) electrons. The van der Waals surface area contributed by atoms with Gasteiger partial charge in [-0.3, -0.25) is 0 Å². The number of rotatable bonds is 2. The normalized spacial score (nSPS) is 11.8. The highest BCUT2D eigenvalue weighted by Crippen LogP contribution is 2.14. The third-order valence-corrected chi connectivity index (χ3v) is 2.67. The van der Waals surface area contributed by atoms with E-state index in [1.165, 1.54) is 5.69 Å². The monoisotopic (exact) mass is 240 g/mol. The van der Waals surface area contributed by atoms with Gasteiger partial charge in [0.25, 0.3) is 0 Å². The molecule has 0 fully saturated rings. The number of hydrogen-bond acceptors (Lipinski definition) is 1. The second kappa shape index (κ2) is 3.92. The minimum Gasteiger partial charge on any atom is -0.332 e. The summed E-state index contributed by atoms with van der Waals surface area (Å²) >= 11 is 3.37. The molecule has 0 bridgehead atoms. The van der Waals surface area contributed by atoms with E-state index >= 15 is 0 Å². The van der Waals surface area contributed by atoms with Gasteiger partial charge in [0.2, 0.25) is 0 Å². The Balaban J connectivity index is 3.17. The standard InChI is InChI=1S/C10H13BrN2/c1-5-9(11)6-10-12-7(2)8(3)13(10)4/h5-6H,1H2,2-4H3/b9-6+. The van der Waals surface area contributed by atoms with Crippen LogP contribution in [0.3, 0.4) is 0 Å². The predicted molar refractivity (Wildman–Crippen MR) is 59.8 cm³/mol. The first kappa shape index (κ1) is 10.3. The van der Waals surface area contributed by atoms with Crippen LogP contribution in [0.5, 0.6) is 0 Å². The molecule has 0 aliphatic carbocycles. The van der Waals surface area contributed by atoms with Crippen molar-refractivity contribution in [2.75, 3.05) is 0 Å². The van der Waals surface area contributed by atoms with E-state index < -0.39 is 0 Å². The fraction of sp³-hybridized carbons (Fsp3) is 0.300. The SMILES string of the molecule is C=C/C(Br)=C\c1nc(C)c(C)n1C. The fourth-order valence-corrected chi connectivity index (χ4v) is 1.26. The minimum absolute atomic E-state index is 0.945. The number of imidazole rings is 1. The van der Waals surface area contributed by atoms with Crippen LogP contribution in [-0.2, 0) is 7.05 Å². The number of halogens is 1. The van der Waals surface area contributed by atoms with Gasteiger partial charge in [-0.2, -0.15) is 0 Å². The van der Waals surface area contributed by atoms with Crippen LogP contribution in [0.4, 0.5) is 0 Å². The smallest absolute Gasteiger partial charge is 0.133 e. The Morgan fingerprint density at radius 1 is 1.54 bits per heavy atom. The first-order valence-corrected chi connectivity index (χ1v) is 4.85. The van der Waals surface area contributed by atoms with Crippen molar-refractivity contribution in [3.8, 4) is 0 Å². The zero-order valence-corrected chi connectivity index (χ0v) is 9.72. The third-order valence-electron chi connectivity index (χ3n) is 2.11. The third kappa shape index (κ3) is 2.10. The molecule has 0 spiro atoms. The van der Waals surface area contributed by atoms with Crippen molar-refractivity contribution >= 4 is 22.0 Å². The maximum absolute atomic E-state index is 4.41. The molecule has 3 heteroatoms. The largest absolute Gasteiger partial charge is 0.332 e. The maximum atomic E-state index is 4.41. The summed E-state index contributed by atoms with van der Waals surface area (Å²) in [7, 11) is 2.00. The Labute approximate surface area is 87.1 Å². The Bertz CT molecular complexity index is 361. The van der Waals surface area contributed by atoms with Gasteiger partial charge in [0, 0.05) is 17.2 Å². The van der Waals surface area contributed by atoms with E-state index in [1.807, 2.05) is 20.0 Å². The van der Waals surface area contributed by atoms with Crippen molar-refractivity contribution in [1.82, 2.24) is 9.55 Å². The molecule has 0 saturated carbocycles. The van der Waals surface area contributed by atoms with E-state index in [9.17, 15) is 0 Å².